The molecule has 1 amide bonds. The third-order valence-electron chi connectivity index (χ3n) is 4.42. The van der Waals surface area contributed by atoms with Crippen LogP contribution in [0.15, 0.2) is 48.5 Å². The number of nitrogens with two attached hydrogens (primary N) is 1. The van der Waals surface area contributed by atoms with Crippen molar-refractivity contribution >= 4 is 23.0 Å². The van der Waals surface area contributed by atoms with Gasteiger partial charge >= 0.3 is 0 Å². The molecule has 2 aromatic carbocycles. The number of nitrogens with zero attached hydrogens (tertiary/aromatic N) is 1. The molecule has 1 saturated heterocycles. The van der Waals surface area contributed by atoms with E-state index in [0.29, 0.717) is 17.3 Å². The van der Waals surface area contributed by atoms with Crippen molar-refractivity contribution in [2.45, 2.75) is 32.2 Å². The van der Waals surface area contributed by atoms with E-state index in [4.69, 9.17) is 5.73 Å². The van der Waals surface area contributed by atoms with E-state index in [-0.39, 0.29) is 5.91 Å². The number of anilines is 3. The first-order chi connectivity index (χ1) is 11.1. The van der Waals surface area contributed by atoms with E-state index in [9.17, 15) is 4.79 Å². The molecule has 4 nitrogen and oxygen atoms in total. The van der Waals surface area contributed by atoms with Crippen molar-refractivity contribution in [1.82, 2.24) is 0 Å². The number of benzene rings is 2. The molecule has 1 fully saturated rings. The second-order valence-corrected chi connectivity index (χ2v) is 6.13. The Labute approximate surface area is 137 Å². The van der Waals surface area contributed by atoms with Crippen molar-refractivity contribution in [2.24, 2.45) is 0 Å². The van der Waals surface area contributed by atoms with E-state index in [1.54, 1.807) is 0 Å². The maximum absolute atomic E-state index is 12.5. The van der Waals surface area contributed by atoms with Gasteiger partial charge in [-0.1, -0.05) is 18.2 Å². The van der Waals surface area contributed by atoms with Gasteiger partial charge in [0.15, 0.2) is 0 Å². The lowest BCUT2D eigenvalue weighted by Crippen LogP contribution is -2.38. The third-order valence-corrected chi connectivity index (χ3v) is 4.42. The van der Waals surface area contributed by atoms with Crippen LogP contribution in [0.4, 0.5) is 17.1 Å². The predicted octanol–water partition coefficient (Wildman–Crippen LogP) is 3.90. The largest absolute Gasteiger partial charge is 0.399 e. The second-order valence-electron chi connectivity index (χ2n) is 6.13. The van der Waals surface area contributed by atoms with Crippen LogP contribution in [0.2, 0.25) is 0 Å². The Morgan fingerprint density at radius 3 is 2.70 bits per heavy atom. The summed E-state index contributed by atoms with van der Waals surface area (Å²) in [5, 5.41) is 3.02. The summed E-state index contributed by atoms with van der Waals surface area (Å²) in [4.78, 5) is 14.8. The molecule has 1 heterocycles. The van der Waals surface area contributed by atoms with E-state index in [1.807, 2.05) is 48.5 Å². The van der Waals surface area contributed by atoms with Gasteiger partial charge in [-0.3, -0.25) is 4.79 Å². The maximum Gasteiger partial charge on any atom is 0.255 e. The number of hydrogen-bond acceptors (Lipinski definition) is 3. The summed E-state index contributed by atoms with van der Waals surface area (Å²) < 4.78 is 0. The molecular weight excluding hydrogens is 286 g/mol. The van der Waals surface area contributed by atoms with Crippen LogP contribution in [0.1, 0.15) is 36.5 Å². The van der Waals surface area contributed by atoms with Crippen LogP contribution in [0.5, 0.6) is 0 Å². The SMILES string of the molecule is C[C@@H]1CCCCN1c1ccc(N)cc1NC(=O)c1ccccc1. The van der Waals surface area contributed by atoms with E-state index in [0.717, 1.165) is 17.9 Å². The Morgan fingerprint density at radius 1 is 1.17 bits per heavy atom. The van der Waals surface area contributed by atoms with Gasteiger partial charge in [-0.25, -0.2) is 0 Å². The minimum atomic E-state index is -0.109. The van der Waals surface area contributed by atoms with Gasteiger partial charge in [0.2, 0.25) is 0 Å². The topological polar surface area (TPSA) is 58.4 Å². The number of nitrogens with one attached hydrogen (secondary N) is 1. The van der Waals surface area contributed by atoms with E-state index in [1.165, 1.54) is 19.3 Å². The van der Waals surface area contributed by atoms with Gasteiger partial charge < -0.3 is 16.0 Å². The molecule has 0 bridgehead atoms. The van der Waals surface area contributed by atoms with Crippen molar-refractivity contribution < 1.29 is 4.79 Å². The molecular formula is C19H23N3O. The van der Waals surface area contributed by atoms with Gasteiger partial charge in [0.1, 0.15) is 0 Å². The van der Waals surface area contributed by atoms with Crippen molar-refractivity contribution in [1.29, 1.82) is 0 Å². The van der Waals surface area contributed by atoms with Gasteiger partial charge in [0.25, 0.3) is 5.91 Å². The lowest BCUT2D eigenvalue weighted by Gasteiger charge is -2.36. The molecule has 0 saturated carbocycles. The highest BCUT2D eigenvalue weighted by atomic mass is 16.1. The summed E-state index contributed by atoms with van der Waals surface area (Å²) in [6.45, 7) is 3.25. The highest BCUT2D eigenvalue weighted by Gasteiger charge is 2.21. The monoisotopic (exact) mass is 309 g/mol. The van der Waals surface area contributed by atoms with Crippen LogP contribution in [0.3, 0.4) is 0 Å². The fourth-order valence-corrected chi connectivity index (χ4v) is 3.14. The number of rotatable bonds is 3. The molecule has 2 aromatic rings. The van der Waals surface area contributed by atoms with Gasteiger partial charge in [0.05, 0.1) is 11.4 Å². The van der Waals surface area contributed by atoms with Crippen LogP contribution < -0.4 is 16.0 Å². The lowest BCUT2D eigenvalue weighted by molar-refractivity contribution is 0.102. The molecule has 0 aromatic heterocycles. The quantitative estimate of drug-likeness (QED) is 0.845. The van der Waals surface area contributed by atoms with Crippen molar-refractivity contribution in [3.8, 4) is 0 Å². The van der Waals surface area contributed by atoms with Crippen LogP contribution in [-0.4, -0.2) is 18.5 Å². The number of carbonyl (C=O) groups excluding carboxylic acids is 1. The maximum atomic E-state index is 12.5. The predicted molar refractivity (Wildman–Crippen MR) is 95.9 cm³/mol. The average Bonchev–Trinajstić information content (AvgIpc) is 2.57. The fraction of sp³-hybridized carbons (Fsp3) is 0.316. The third kappa shape index (κ3) is 3.47. The minimum Gasteiger partial charge on any atom is -0.399 e. The van der Waals surface area contributed by atoms with E-state index in [2.05, 4.69) is 17.1 Å². The van der Waals surface area contributed by atoms with Crippen LogP contribution >= 0.6 is 0 Å². The van der Waals surface area contributed by atoms with Gasteiger partial charge in [-0.05, 0) is 56.5 Å². The van der Waals surface area contributed by atoms with Gasteiger partial charge in [-0.15, -0.1) is 0 Å². The Bertz CT molecular complexity index is 684. The summed E-state index contributed by atoms with van der Waals surface area (Å²) in [6.07, 6.45) is 3.62. The fourth-order valence-electron chi connectivity index (χ4n) is 3.14. The molecule has 0 radical (unpaired) electrons. The molecule has 0 unspecified atom stereocenters. The normalized spacial score (nSPS) is 17.8. The highest BCUT2D eigenvalue weighted by Crippen LogP contribution is 2.33. The van der Waals surface area contributed by atoms with Crippen LogP contribution in [-0.2, 0) is 0 Å². The summed E-state index contributed by atoms with van der Waals surface area (Å²) in [5.74, 6) is -0.109. The number of carbonyl (C=O) groups is 1. The Morgan fingerprint density at radius 2 is 1.96 bits per heavy atom. The first-order valence-corrected chi connectivity index (χ1v) is 8.18. The smallest absolute Gasteiger partial charge is 0.255 e. The molecule has 4 heteroatoms. The molecule has 3 rings (SSSR count). The molecule has 3 N–H and O–H groups in total. The first-order valence-electron chi connectivity index (χ1n) is 8.18. The molecule has 1 aliphatic heterocycles. The van der Waals surface area contributed by atoms with Crippen molar-refractivity contribution in [2.75, 3.05) is 22.5 Å². The average molecular weight is 309 g/mol. The Balaban J connectivity index is 1.89. The number of piperidine rings is 1. The standard InChI is InChI=1S/C19H23N3O/c1-14-7-5-6-12-22(14)18-11-10-16(20)13-17(18)21-19(23)15-8-3-2-4-9-15/h2-4,8-11,13-14H,5-7,12,20H2,1H3,(H,21,23)/t14-/m1/s1. The molecule has 0 spiro atoms. The second kappa shape index (κ2) is 6.73. The molecule has 1 aliphatic rings. The molecule has 23 heavy (non-hydrogen) atoms. The summed E-state index contributed by atoms with van der Waals surface area (Å²) in [7, 11) is 0. The summed E-state index contributed by atoms with van der Waals surface area (Å²) in [6, 6.07) is 15.5. The minimum absolute atomic E-state index is 0.109. The number of hydrogen-bond donors (Lipinski definition) is 2. The lowest BCUT2D eigenvalue weighted by atomic mass is 10.0. The van der Waals surface area contributed by atoms with Gasteiger partial charge in [-0.2, -0.15) is 0 Å². The van der Waals surface area contributed by atoms with E-state index >= 15 is 0 Å². The Hall–Kier alpha value is -2.49. The number of amides is 1. The molecule has 0 aliphatic carbocycles. The summed E-state index contributed by atoms with van der Waals surface area (Å²) in [5.41, 5.74) is 9.07. The Kier molecular flexibility index (Phi) is 4.51. The van der Waals surface area contributed by atoms with Crippen molar-refractivity contribution in [3.63, 3.8) is 0 Å². The summed E-state index contributed by atoms with van der Waals surface area (Å²) >= 11 is 0. The van der Waals surface area contributed by atoms with Crippen molar-refractivity contribution in [3.05, 3.63) is 54.1 Å². The van der Waals surface area contributed by atoms with Gasteiger partial charge in [0, 0.05) is 23.8 Å². The van der Waals surface area contributed by atoms with E-state index < -0.39 is 0 Å². The zero-order valence-corrected chi connectivity index (χ0v) is 13.5. The molecule has 1 atom stereocenters. The number of nitrogen functional groups attached to an aromatic ring is 1. The highest BCUT2D eigenvalue weighted by molar-refractivity contribution is 6.06. The zero-order valence-electron chi connectivity index (χ0n) is 13.5. The molecule has 120 valence electrons. The van der Waals surface area contributed by atoms with Crippen LogP contribution in [0, 0.1) is 0 Å². The zero-order chi connectivity index (χ0) is 16.2. The first kappa shape index (κ1) is 15.4. The van der Waals surface area contributed by atoms with Crippen LogP contribution in [0.25, 0.3) is 0 Å².